The maximum absolute atomic E-state index is 13.5. The molecule has 5 nitrogen and oxygen atoms in total. The van der Waals surface area contributed by atoms with Gasteiger partial charge in [-0.2, -0.15) is 0 Å². The van der Waals surface area contributed by atoms with Gasteiger partial charge in [0.15, 0.2) is 6.54 Å². The predicted octanol–water partition coefficient (Wildman–Crippen LogP) is 1.46. The number of piperazine rings is 1. The lowest BCUT2D eigenvalue weighted by molar-refractivity contribution is -0.896. The van der Waals surface area contributed by atoms with E-state index in [-0.39, 0.29) is 23.3 Å². The average molecular weight is 395 g/mol. The highest BCUT2D eigenvalue weighted by molar-refractivity contribution is 5.87. The summed E-state index contributed by atoms with van der Waals surface area (Å²) in [6.45, 7) is 9.36. The molecular formula is C24H32N3O2+. The van der Waals surface area contributed by atoms with Gasteiger partial charge in [-0.1, -0.05) is 60.7 Å². The van der Waals surface area contributed by atoms with E-state index >= 15 is 0 Å². The Morgan fingerprint density at radius 2 is 1.41 bits per heavy atom. The average Bonchev–Trinajstić information content (AvgIpc) is 2.69. The van der Waals surface area contributed by atoms with E-state index in [1.54, 1.807) is 0 Å². The zero-order chi connectivity index (χ0) is 20.9. The summed E-state index contributed by atoms with van der Waals surface area (Å²) in [6.07, 6.45) is 0. The van der Waals surface area contributed by atoms with E-state index in [0.717, 1.165) is 24.2 Å². The first kappa shape index (κ1) is 21.1. The first-order valence-electron chi connectivity index (χ1n) is 10.4. The molecular weight excluding hydrogens is 362 g/mol. The summed E-state index contributed by atoms with van der Waals surface area (Å²) in [5.41, 5.74) is 1.82. The van der Waals surface area contributed by atoms with Crippen LogP contribution in [0, 0.1) is 0 Å². The van der Waals surface area contributed by atoms with Crippen molar-refractivity contribution in [3.05, 3.63) is 71.8 Å². The van der Waals surface area contributed by atoms with E-state index in [1.807, 2.05) is 86.3 Å². The number of quaternary nitrogens is 1. The molecule has 0 aromatic heterocycles. The summed E-state index contributed by atoms with van der Waals surface area (Å²) in [4.78, 5) is 28.8. The molecule has 1 aliphatic heterocycles. The van der Waals surface area contributed by atoms with Gasteiger partial charge in [0.25, 0.3) is 5.91 Å². The third-order valence-electron chi connectivity index (χ3n) is 5.22. The first-order chi connectivity index (χ1) is 13.8. The Morgan fingerprint density at radius 3 is 1.86 bits per heavy atom. The number of amides is 2. The van der Waals surface area contributed by atoms with Crippen LogP contribution in [0.15, 0.2) is 60.7 Å². The molecule has 1 heterocycles. The molecule has 2 N–H and O–H groups in total. The van der Waals surface area contributed by atoms with Crippen molar-refractivity contribution in [2.45, 2.75) is 32.2 Å². The largest absolute Gasteiger partial charge is 0.347 e. The zero-order valence-corrected chi connectivity index (χ0v) is 17.7. The standard InChI is InChI=1S/C24H31N3O2/c1-24(2,3)25-21(28)18-26-14-16-27(17-15-26)23(29)22(19-10-6-4-7-11-19)20-12-8-5-9-13-20/h4-13,22H,14-18H2,1-3H3,(H,25,28)/p+1. The summed E-state index contributed by atoms with van der Waals surface area (Å²) >= 11 is 0. The van der Waals surface area contributed by atoms with E-state index < -0.39 is 0 Å². The molecule has 154 valence electrons. The topological polar surface area (TPSA) is 53.9 Å². The second kappa shape index (κ2) is 9.23. The fraction of sp³-hybridized carbons (Fsp3) is 0.417. The van der Waals surface area contributed by atoms with Gasteiger partial charge in [0.1, 0.15) is 0 Å². The van der Waals surface area contributed by atoms with Crippen molar-refractivity contribution in [1.29, 1.82) is 0 Å². The molecule has 5 heteroatoms. The van der Waals surface area contributed by atoms with Crippen molar-refractivity contribution >= 4 is 11.8 Å². The lowest BCUT2D eigenvalue weighted by Crippen LogP contribution is -3.16. The van der Waals surface area contributed by atoms with Crippen LogP contribution in [0.25, 0.3) is 0 Å². The van der Waals surface area contributed by atoms with E-state index in [9.17, 15) is 9.59 Å². The van der Waals surface area contributed by atoms with E-state index in [0.29, 0.717) is 19.6 Å². The van der Waals surface area contributed by atoms with Crippen LogP contribution in [0.3, 0.4) is 0 Å². The maximum Gasteiger partial charge on any atom is 0.275 e. The molecule has 0 atom stereocenters. The maximum atomic E-state index is 13.5. The van der Waals surface area contributed by atoms with E-state index in [1.165, 1.54) is 4.90 Å². The SMILES string of the molecule is CC(C)(C)NC(=O)C[NH+]1CCN(C(=O)C(c2ccccc2)c2ccccc2)CC1. The first-order valence-corrected chi connectivity index (χ1v) is 10.4. The molecule has 1 fully saturated rings. The summed E-state index contributed by atoms with van der Waals surface area (Å²) < 4.78 is 0. The van der Waals surface area contributed by atoms with Crippen molar-refractivity contribution in [2.24, 2.45) is 0 Å². The number of hydrogen-bond acceptors (Lipinski definition) is 2. The summed E-state index contributed by atoms with van der Waals surface area (Å²) in [5.74, 6) is -0.0811. The summed E-state index contributed by atoms with van der Waals surface area (Å²) in [6, 6.07) is 20.0. The molecule has 2 amide bonds. The van der Waals surface area contributed by atoms with Crippen molar-refractivity contribution in [3.8, 4) is 0 Å². The Morgan fingerprint density at radius 1 is 0.931 bits per heavy atom. The van der Waals surface area contributed by atoms with Gasteiger partial charge in [-0.25, -0.2) is 0 Å². The fourth-order valence-electron chi connectivity index (χ4n) is 3.86. The number of nitrogens with zero attached hydrogens (tertiary/aromatic N) is 1. The third kappa shape index (κ3) is 5.91. The number of carbonyl (C=O) groups excluding carboxylic acids is 2. The second-order valence-corrected chi connectivity index (χ2v) is 8.80. The van der Waals surface area contributed by atoms with Gasteiger partial charge in [-0.05, 0) is 31.9 Å². The van der Waals surface area contributed by atoms with Crippen LogP contribution >= 0.6 is 0 Å². The molecule has 3 rings (SSSR count). The van der Waals surface area contributed by atoms with Gasteiger partial charge in [-0.3, -0.25) is 9.59 Å². The van der Waals surface area contributed by atoms with Gasteiger partial charge >= 0.3 is 0 Å². The Bertz CT molecular complexity index is 768. The van der Waals surface area contributed by atoms with Crippen LogP contribution in [0.5, 0.6) is 0 Å². The molecule has 0 bridgehead atoms. The van der Waals surface area contributed by atoms with Crippen LogP contribution in [-0.4, -0.2) is 55.0 Å². The Balaban J connectivity index is 1.66. The third-order valence-corrected chi connectivity index (χ3v) is 5.22. The summed E-state index contributed by atoms with van der Waals surface area (Å²) in [5, 5.41) is 3.02. The molecule has 0 aliphatic carbocycles. The molecule has 2 aromatic rings. The molecule has 29 heavy (non-hydrogen) atoms. The number of carbonyl (C=O) groups is 2. The normalized spacial score (nSPS) is 15.4. The van der Waals surface area contributed by atoms with Crippen molar-refractivity contribution < 1.29 is 14.5 Å². The minimum Gasteiger partial charge on any atom is -0.347 e. The molecule has 1 aliphatic rings. The van der Waals surface area contributed by atoms with E-state index in [4.69, 9.17) is 0 Å². The molecule has 1 saturated heterocycles. The molecule has 2 aromatic carbocycles. The highest BCUT2D eigenvalue weighted by atomic mass is 16.2. The summed E-state index contributed by atoms with van der Waals surface area (Å²) in [7, 11) is 0. The second-order valence-electron chi connectivity index (χ2n) is 8.80. The monoisotopic (exact) mass is 394 g/mol. The van der Waals surface area contributed by atoms with Gasteiger partial charge in [-0.15, -0.1) is 0 Å². The molecule has 0 spiro atoms. The van der Waals surface area contributed by atoms with Gasteiger partial charge in [0.2, 0.25) is 5.91 Å². The Hall–Kier alpha value is -2.66. The molecule has 0 radical (unpaired) electrons. The van der Waals surface area contributed by atoms with Crippen molar-refractivity contribution in [2.75, 3.05) is 32.7 Å². The highest BCUT2D eigenvalue weighted by Gasteiger charge is 2.31. The predicted molar refractivity (Wildman–Crippen MR) is 115 cm³/mol. The smallest absolute Gasteiger partial charge is 0.275 e. The van der Waals surface area contributed by atoms with Gasteiger partial charge < -0.3 is 15.1 Å². The number of benzene rings is 2. The quantitative estimate of drug-likeness (QED) is 0.807. The molecule has 0 saturated carbocycles. The molecule has 0 unspecified atom stereocenters. The number of hydrogen-bond donors (Lipinski definition) is 2. The van der Waals surface area contributed by atoms with Crippen molar-refractivity contribution in [1.82, 2.24) is 10.2 Å². The van der Waals surface area contributed by atoms with E-state index in [2.05, 4.69) is 5.32 Å². The minimum absolute atomic E-state index is 0.0683. The highest BCUT2D eigenvalue weighted by Crippen LogP contribution is 2.26. The lowest BCUT2D eigenvalue weighted by Gasteiger charge is -2.34. The van der Waals surface area contributed by atoms with Crippen LogP contribution in [-0.2, 0) is 9.59 Å². The zero-order valence-electron chi connectivity index (χ0n) is 17.7. The Kier molecular flexibility index (Phi) is 6.70. The van der Waals surface area contributed by atoms with Crippen LogP contribution in [0.4, 0.5) is 0 Å². The van der Waals surface area contributed by atoms with Crippen molar-refractivity contribution in [3.63, 3.8) is 0 Å². The van der Waals surface area contributed by atoms with Crippen LogP contribution in [0.2, 0.25) is 0 Å². The van der Waals surface area contributed by atoms with Crippen LogP contribution < -0.4 is 10.2 Å². The van der Waals surface area contributed by atoms with Gasteiger partial charge in [0.05, 0.1) is 32.1 Å². The van der Waals surface area contributed by atoms with Crippen LogP contribution in [0.1, 0.15) is 37.8 Å². The number of nitrogens with one attached hydrogen (secondary N) is 2. The van der Waals surface area contributed by atoms with Gasteiger partial charge in [0, 0.05) is 5.54 Å². The fourth-order valence-corrected chi connectivity index (χ4v) is 3.86. The number of rotatable bonds is 5. The Labute approximate surface area is 173 Å². The lowest BCUT2D eigenvalue weighted by atomic mass is 9.90. The minimum atomic E-state index is -0.289.